The molecule has 64 heavy (non-hydrogen) atoms. The van der Waals surface area contributed by atoms with Crippen molar-refractivity contribution >= 4 is 46.6 Å². The number of nitriles is 1. The maximum Gasteiger partial charge on any atom is 0.430 e. The minimum Gasteiger partial charge on any atom is -0.542 e. The van der Waals surface area contributed by atoms with E-state index in [0.29, 0.717) is 85.3 Å². The van der Waals surface area contributed by atoms with Gasteiger partial charge in [-0.25, -0.2) is 0 Å². The summed E-state index contributed by atoms with van der Waals surface area (Å²) >= 11 is 0. The quantitative estimate of drug-likeness (QED) is 0.0782. The minimum absolute atomic E-state index is 0.122. The summed E-state index contributed by atoms with van der Waals surface area (Å²) in [6.07, 6.45) is -4.96. The molecule has 16 nitrogen and oxygen atoms in total. The van der Waals surface area contributed by atoms with Gasteiger partial charge in [0.2, 0.25) is 5.91 Å². The molecule has 0 atom stereocenters. The van der Waals surface area contributed by atoms with Gasteiger partial charge in [-0.3, -0.25) is 9.59 Å². The molecule has 2 N–H and O–H groups in total. The highest BCUT2D eigenvalue weighted by Crippen LogP contribution is 2.66. The minimum atomic E-state index is -5.19. The monoisotopic (exact) mass is 913 g/mol. The van der Waals surface area contributed by atoms with E-state index in [2.05, 4.69) is 22.5 Å². The number of alkyl halides is 3. The van der Waals surface area contributed by atoms with E-state index in [4.69, 9.17) is 57.8 Å². The van der Waals surface area contributed by atoms with Crippen molar-refractivity contribution in [1.82, 2.24) is 5.32 Å². The first kappa shape index (κ1) is 51.1. The molecule has 4 aromatic rings. The van der Waals surface area contributed by atoms with E-state index in [1.54, 1.807) is 66.7 Å². The number of rotatable bonds is 19. The van der Waals surface area contributed by atoms with E-state index in [9.17, 15) is 22.8 Å². The summed E-state index contributed by atoms with van der Waals surface area (Å²) < 4.78 is 85.1. The van der Waals surface area contributed by atoms with Gasteiger partial charge in [-0.15, -0.1) is 0 Å². The Kier molecular flexibility index (Phi) is 19.0. The van der Waals surface area contributed by atoms with E-state index < -0.39 is 19.4 Å². The third-order valence-corrected chi connectivity index (χ3v) is 13.5. The fraction of sp³-hybridized carbons (Fsp3) is 0.318. The van der Waals surface area contributed by atoms with Crippen molar-refractivity contribution in [2.75, 3.05) is 82.0 Å². The fourth-order valence-corrected chi connectivity index (χ4v) is 11.3. The van der Waals surface area contributed by atoms with Crippen LogP contribution in [0.25, 0.3) is 0 Å². The highest BCUT2D eigenvalue weighted by molar-refractivity contribution is 7.97. The van der Waals surface area contributed by atoms with E-state index in [1.807, 2.05) is 0 Å². The number of carboxylic acid groups (broad SMARTS) is 1. The van der Waals surface area contributed by atoms with Gasteiger partial charge in [-0.05, 0) is 30.7 Å². The van der Waals surface area contributed by atoms with Gasteiger partial charge in [0.15, 0.2) is 62.6 Å². The Hall–Kier alpha value is -7.24. The van der Waals surface area contributed by atoms with Gasteiger partial charge >= 0.3 is 6.18 Å². The molecule has 0 spiro atoms. The van der Waals surface area contributed by atoms with Crippen molar-refractivity contribution in [3.05, 3.63) is 66.2 Å². The standard InChI is InChI=1S/C42H46N3O11P.C2HF3O2/c1-48-29-20-32(51-4)40(33(21-29)52-5)57(41-34(53-6)22-30(49-2)23-35(41)54-7,42-36(55-8)24-31(50-3)25-37(42)56-9)26-39(47)44-19-11-13-38(46)45-28-16-14-27(15-17-28)12-10-18-43;3-2(4,5)1(6)7/h14-17,20-25H,11,13,19,26H2,1-9H3,(H-,44,45,46,47);(H,6,7). The van der Waals surface area contributed by atoms with E-state index >= 15 is 0 Å². The number of amides is 2. The number of carboxylic acids is 1. The predicted molar refractivity (Wildman–Crippen MR) is 230 cm³/mol. The number of carbonyl (C=O) groups excluding carboxylic acids is 3. The maximum absolute atomic E-state index is 14.7. The van der Waals surface area contributed by atoms with Crippen LogP contribution >= 0.6 is 7.26 Å². The molecular weight excluding hydrogens is 866 g/mol. The molecule has 0 saturated heterocycles. The van der Waals surface area contributed by atoms with Gasteiger partial charge in [-0.2, -0.15) is 18.4 Å². The third-order valence-electron chi connectivity index (χ3n) is 9.16. The molecule has 2 amide bonds. The van der Waals surface area contributed by atoms with Crippen LogP contribution in [0.1, 0.15) is 18.4 Å². The Morgan fingerprint density at radius 3 is 1.28 bits per heavy atom. The Morgan fingerprint density at radius 2 is 0.984 bits per heavy atom. The summed E-state index contributed by atoms with van der Waals surface area (Å²) in [6, 6.07) is 18.9. The van der Waals surface area contributed by atoms with Crippen molar-refractivity contribution < 1.29 is 75.3 Å². The second-order valence-corrected chi connectivity index (χ2v) is 16.1. The summed E-state index contributed by atoms with van der Waals surface area (Å²) in [7, 11) is 10.1. The van der Waals surface area contributed by atoms with Crippen molar-refractivity contribution in [3.8, 4) is 69.7 Å². The summed E-state index contributed by atoms with van der Waals surface area (Å²) in [4.78, 5) is 36.3. The zero-order valence-corrected chi connectivity index (χ0v) is 37.3. The molecule has 0 aliphatic heterocycles. The summed E-state index contributed by atoms with van der Waals surface area (Å²) in [5, 5.41) is 24.8. The number of hydrogen-bond acceptors (Lipinski definition) is 14. The molecule has 0 radical (unpaired) electrons. The first-order valence-electron chi connectivity index (χ1n) is 18.7. The number of ether oxygens (including phenoxy) is 9. The third kappa shape index (κ3) is 12.4. The highest BCUT2D eigenvalue weighted by atomic mass is 31.2. The molecule has 342 valence electrons. The smallest absolute Gasteiger partial charge is 0.430 e. The predicted octanol–water partition coefficient (Wildman–Crippen LogP) is 3.77. The number of halogens is 3. The Bertz CT molecular complexity index is 2150. The normalized spacial score (nSPS) is 10.5. The average Bonchev–Trinajstić information content (AvgIpc) is 3.30. The second kappa shape index (κ2) is 23.8. The van der Waals surface area contributed by atoms with E-state index in [1.165, 1.54) is 64.0 Å². The van der Waals surface area contributed by atoms with E-state index in [-0.39, 0.29) is 30.9 Å². The molecule has 0 fully saturated rings. The summed E-state index contributed by atoms with van der Waals surface area (Å²) in [5.41, 5.74) is 1.23. The molecule has 0 heterocycles. The number of aliphatic carboxylic acids is 1. The Labute approximate surface area is 368 Å². The molecule has 4 rings (SSSR count). The number of methoxy groups -OCH3 is 9. The van der Waals surface area contributed by atoms with Crippen LogP contribution < -0.4 is 74.3 Å². The number of anilines is 1. The van der Waals surface area contributed by atoms with Crippen LogP contribution in [0.5, 0.6) is 51.7 Å². The molecule has 0 unspecified atom stereocenters. The molecule has 0 bridgehead atoms. The van der Waals surface area contributed by atoms with Crippen LogP contribution in [0.15, 0.2) is 60.7 Å². The lowest BCUT2D eigenvalue weighted by atomic mass is 10.2. The first-order valence-corrected chi connectivity index (χ1v) is 20.7. The molecule has 0 aromatic heterocycles. The summed E-state index contributed by atoms with van der Waals surface area (Å²) in [6.45, 7) is 0.166. The number of carbonyl (C=O) groups is 3. The van der Waals surface area contributed by atoms with Crippen LogP contribution in [-0.4, -0.2) is 101 Å². The van der Waals surface area contributed by atoms with Gasteiger partial charge in [-0.1, -0.05) is 5.92 Å². The maximum atomic E-state index is 14.7. The van der Waals surface area contributed by atoms with Crippen molar-refractivity contribution in [1.29, 1.82) is 5.26 Å². The zero-order chi connectivity index (χ0) is 47.6. The lowest BCUT2D eigenvalue weighted by Crippen LogP contribution is -2.42. The van der Waals surface area contributed by atoms with Gasteiger partial charge in [0.25, 0.3) is 5.91 Å². The van der Waals surface area contributed by atoms with Crippen LogP contribution in [0.2, 0.25) is 0 Å². The zero-order valence-electron chi connectivity index (χ0n) is 36.4. The number of nitrogens with one attached hydrogen (secondary N) is 2. The number of nitrogens with zero attached hydrogens (tertiary/aromatic N) is 1. The number of hydrogen-bond donors (Lipinski definition) is 2. The van der Waals surface area contributed by atoms with Gasteiger partial charge in [0.05, 0.1) is 64.0 Å². The molecule has 0 aliphatic carbocycles. The van der Waals surface area contributed by atoms with Gasteiger partial charge < -0.3 is 63.2 Å². The Morgan fingerprint density at radius 1 is 0.625 bits per heavy atom. The van der Waals surface area contributed by atoms with Crippen molar-refractivity contribution in [2.45, 2.75) is 19.0 Å². The highest BCUT2D eigenvalue weighted by Gasteiger charge is 2.59. The Balaban J connectivity index is 0.00000143. The summed E-state index contributed by atoms with van der Waals surface area (Å²) in [5.74, 6) is 4.80. The molecule has 4 aromatic carbocycles. The van der Waals surface area contributed by atoms with Gasteiger partial charge in [0.1, 0.15) is 30.5 Å². The topological polar surface area (TPSA) is 205 Å². The van der Waals surface area contributed by atoms with Crippen LogP contribution in [0.4, 0.5) is 18.9 Å². The van der Waals surface area contributed by atoms with Crippen LogP contribution in [0.3, 0.4) is 0 Å². The van der Waals surface area contributed by atoms with Crippen molar-refractivity contribution in [3.63, 3.8) is 0 Å². The van der Waals surface area contributed by atoms with Gasteiger partial charge in [0, 0.05) is 66.5 Å². The molecule has 0 aliphatic rings. The first-order chi connectivity index (χ1) is 30.5. The lowest BCUT2D eigenvalue weighted by molar-refractivity contribution is -0.344. The van der Waals surface area contributed by atoms with Crippen LogP contribution in [0, 0.1) is 23.2 Å². The average molecular weight is 914 g/mol. The largest absolute Gasteiger partial charge is 0.542 e. The molecule has 20 heteroatoms. The van der Waals surface area contributed by atoms with Crippen LogP contribution in [-0.2, 0) is 14.4 Å². The number of benzene rings is 4. The second-order valence-electron chi connectivity index (χ2n) is 12.8. The lowest BCUT2D eigenvalue weighted by Gasteiger charge is -2.33. The van der Waals surface area contributed by atoms with Crippen molar-refractivity contribution in [2.24, 2.45) is 0 Å². The fourth-order valence-electron chi connectivity index (χ4n) is 6.37. The molecule has 0 saturated carbocycles. The SMILES string of the molecule is COc1cc(OC)c([P+](CC(=O)NCCCC(=O)Nc2ccc(C#CC#N)cc2)(c2c(OC)cc(OC)cc2OC)c2c(OC)cc(OC)cc2OC)c(OC)c1.O=C([O-])C(F)(F)F. The molecular formula is C44H47F3N3O13P. The van der Waals surface area contributed by atoms with E-state index in [0.717, 1.165) is 0 Å².